The Balaban J connectivity index is 2.69. The summed E-state index contributed by atoms with van der Waals surface area (Å²) in [5, 5.41) is 0. The fourth-order valence-corrected chi connectivity index (χ4v) is 0.566. The van der Waals surface area contributed by atoms with Gasteiger partial charge in [-0.15, -0.1) is 0 Å². The van der Waals surface area contributed by atoms with Crippen LogP contribution in [0.1, 0.15) is 0 Å². The van der Waals surface area contributed by atoms with Crippen LogP contribution >= 0.6 is 0 Å². The molecular formula is C7H18NO3+. The summed E-state index contributed by atoms with van der Waals surface area (Å²) in [7, 11) is 1.66. The molecule has 0 aromatic carbocycles. The fraction of sp³-hybridized carbons (Fsp3) is 1.00. The van der Waals surface area contributed by atoms with Gasteiger partial charge in [0.05, 0.1) is 39.6 Å². The molecule has 0 bridgehead atoms. The minimum absolute atomic E-state index is 0.642. The first-order chi connectivity index (χ1) is 5.41. The van der Waals surface area contributed by atoms with Crippen molar-refractivity contribution < 1.29 is 19.9 Å². The molecular weight excluding hydrogens is 146 g/mol. The van der Waals surface area contributed by atoms with Gasteiger partial charge in [-0.1, -0.05) is 0 Å². The van der Waals surface area contributed by atoms with Gasteiger partial charge in [0.15, 0.2) is 0 Å². The van der Waals surface area contributed by atoms with Crippen molar-refractivity contribution in [3.63, 3.8) is 0 Å². The molecule has 0 fully saturated rings. The van der Waals surface area contributed by atoms with Gasteiger partial charge in [-0.2, -0.15) is 0 Å². The molecule has 0 spiro atoms. The largest absolute Gasteiger partial charge is 0.382 e. The van der Waals surface area contributed by atoms with E-state index >= 15 is 0 Å². The highest BCUT2D eigenvalue weighted by Crippen LogP contribution is 1.77. The summed E-state index contributed by atoms with van der Waals surface area (Å²) in [6.45, 7) is 4.12. The number of rotatable bonds is 8. The van der Waals surface area contributed by atoms with Gasteiger partial charge >= 0.3 is 0 Å². The summed E-state index contributed by atoms with van der Waals surface area (Å²) in [5.74, 6) is 0. The van der Waals surface area contributed by atoms with Crippen LogP contribution in [0.5, 0.6) is 0 Å². The third-order valence-corrected chi connectivity index (χ3v) is 1.09. The molecule has 0 aliphatic rings. The van der Waals surface area contributed by atoms with Gasteiger partial charge in [0.2, 0.25) is 0 Å². The van der Waals surface area contributed by atoms with E-state index in [2.05, 4.69) is 5.73 Å². The summed E-state index contributed by atoms with van der Waals surface area (Å²) in [4.78, 5) is 0. The smallest absolute Gasteiger partial charge is 0.0977 e. The van der Waals surface area contributed by atoms with E-state index in [1.807, 2.05) is 0 Å². The van der Waals surface area contributed by atoms with Crippen LogP contribution in [0, 0.1) is 0 Å². The Labute approximate surface area is 67.6 Å². The van der Waals surface area contributed by atoms with Crippen molar-refractivity contribution in [2.75, 3.05) is 46.7 Å². The van der Waals surface area contributed by atoms with Crippen LogP contribution < -0.4 is 5.73 Å². The maximum absolute atomic E-state index is 5.15. The van der Waals surface area contributed by atoms with Crippen LogP contribution in [-0.2, 0) is 14.2 Å². The van der Waals surface area contributed by atoms with E-state index in [4.69, 9.17) is 14.2 Å². The summed E-state index contributed by atoms with van der Waals surface area (Å²) < 4.78 is 15.1. The number of hydrogen-bond donors (Lipinski definition) is 1. The lowest BCUT2D eigenvalue weighted by molar-refractivity contribution is -0.374. The van der Waals surface area contributed by atoms with Gasteiger partial charge in [0.25, 0.3) is 0 Å². The van der Waals surface area contributed by atoms with Crippen LogP contribution in [0.15, 0.2) is 0 Å². The van der Waals surface area contributed by atoms with E-state index in [-0.39, 0.29) is 0 Å². The van der Waals surface area contributed by atoms with Gasteiger partial charge < -0.3 is 19.9 Å². The van der Waals surface area contributed by atoms with Crippen molar-refractivity contribution >= 4 is 0 Å². The Morgan fingerprint density at radius 2 is 1.45 bits per heavy atom. The summed E-state index contributed by atoms with van der Waals surface area (Å²) >= 11 is 0. The van der Waals surface area contributed by atoms with Crippen molar-refractivity contribution in [2.24, 2.45) is 0 Å². The van der Waals surface area contributed by atoms with Crippen molar-refractivity contribution in [1.29, 1.82) is 0 Å². The second-order valence-corrected chi connectivity index (χ2v) is 2.07. The summed E-state index contributed by atoms with van der Waals surface area (Å²) in [5.41, 5.74) is 3.65. The molecule has 68 valence electrons. The van der Waals surface area contributed by atoms with E-state index in [0.29, 0.717) is 33.0 Å². The van der Waals surface area contributed by atoms with Crippen LogP contribution in [0.2, 0.25) is 0 Å². The fourth-order valence-electron chi connectivity index (χ4n) is 0.566. The van der Waals surface area contributed by atoms with Gasteiger partial charge in [0, 0.05) is 7.11 Å². The quantitative estimate of drug-likeness (QED) is 0.464. The van der Waals surface area contributed by atoms with Gasteiger partial charge in [0.1, 0.15) is 0 Å². The average Bonchev–Trinajstić information content (AvgIpc) is 2.03. The number of methoxy groups -OCH3 is 1. The second kappa shape index (κ2) is 9.84. The number of ether oxygens (including phenoxy) is 3. The first-order valence-electron chi connectivity index (χ1n) is 3.85. The first kappa shape index (κ1) is 10.8. The van der Waals surface area contributed by atoms with Gasteiger partial charge in [-0.25, -0.2) is 0 Å². The molecule has 0 aliphatic carbocycles. The van der Waals surface area contributed by atoms with E-state index in [0.717, 1.165) is 6.54 Å². The van der Waals surface area contributed by atoms with Crippen LogP contribution in [0.25, 0.3) is 0 Å². The lowest BCUT2D eigenvalue weighted by Crippen LogP contribution is -2.52. The normalized spacial score (nSPS) is 10.4. The minimum atomic E-state index is 0.642. The molecule has 0 rings (SSSR count). The first-order valence-corrected chi connectivity index (χ1v) is 3.85. The van der Waals surface area contributed by atoms with Crippen LogP contribution in [0.3, 0.4) is 0 Å². The Hall–Kier alpha value is -0.160. The van der Waals surface area contributed by atoms with Crippen LogP contribution in [0.4, 0.5) is 0 Å². The lowest BCUT2D eigenvalue weighted by atomic mass is 10.7. The molecule has 0 aromatic rings. The van der Waals surface area contributed by atoms with Crippen LogP contribution in [-0.4, -0.2) is 46.7 Å². The Bertz CT molecular complexity index is 62.7. The Kier molecular flexibility index (Phi) is 9.70. The zero-order valence-electron chi connectivity index (χ0n) is 7.17. The predicted molar refractivity (Wildman–Crippen MR) is 41.3 cm³/mol. The van der Waals surface area contributed by atoms with E-state index < -0.39 is 0 Å². The molecule has 0 aliphatic heterocycles. The summed E-state index contributed by atoms with van der Waals surface area (Å²) in [6, 6.07) is 0. The highest BCUT2D eigenvalue weighted by molar-refractivity contribution is 4.30. The minimum Gasteiger partial charge on any atom is -0.382 e. The summed E-state index contributed by atoms with van der Waals surface area (Å²) in [6.07, 6.45) is 0. The molecule has 4 heteroatoms. The van der Waals surface area contributed by atoms with Gasteiger partial charge in [-0.05, 0) is 0 Å². The molecule has 0 heterocycles. The SMILES string of the molecule is COCCOCCOCC[NH3+]. The molecule has 0 aromatic heterocycles. The molecule has 0 saturated heterocycles. The van der Waals surface area contributed by atoms with E-state index in [1.54, 1.807) is 7.11 Å². The molecule has 0 amide bonds. The molecule has 3 N–H and O–H groups in total. The third kappa shape index (κ3) is 9.84. The molecule has 0 radical (unpaired) electrons. The zero-order valence-corrected chi connectivity index (χ0v) is 7.17. The maximum atomic E-state index is 5.15. The van der Waals surface area contributed by atoms with E-state index in [1.165, 1.54) is 0 Å². The van der Waals surface area contributed by atoms with Crippen molar-refractivity contribution in [3.05, 3.63) is 0 Å². The Morgan fingerprint density at radius 1 is 0.909 bits per heavy atom. The number of hydrogen-bond acceptors (Lipinski definition) is 3. The molecule has 0 unspecified atom stereocenters. The maximum Gasteiger partial charge on any atom is 0.0977 e. The molecule has 11 heavy (non-hydrogen) atoms. The standard InChI is InChI=1S/C7H17NO3/c1-9-4-5-11-7-6-10-3-2-8/h2-8H2,1H3/p+1. The third-order valence-electron chi connectivity index (χ3n) is 1.09. The molecule has 4 nitrogen and oxygen atoms in total. The topological polar surface area (TPSA) is 55.3 Å². The lowest BCUT2D eigenvalue weighted by Gasteiger charge is -2.02. The zero-order chi connectivity index (χ0) is 8.36. The van der Waals surface area contributed by atoms with Gasteiger partial charge in [-0.3, -0.25) is 0 Å². The highest BCUT2D eigenvalue weighted by atomic mass is 16.5. The monoisotopic (exact) mass is 164 g/mol. The van der Waals surface area contributed by atoms with E-state index in [9.17, 15) is 0 Å². The second-order valence-electron chi connectivity index (χ2n) is 2.07. The predicted octanol–water partition coefficient (Wildman–Crippen LogP) is -1.09. The number of quaternary nitrogens is 1. The average molecular weight is 164 g/mol. The highest BCUT2D eigenvalue weighted by Gasteiger charge is 1.88. The van der Waals surface area contributed by atoms with Crippen molar-refractivity contribution in [2.45, 2.75) is 0 Å². The van der Waals surface area contributed by atoms with Crippen molar-refractivity contribution in [1.82, 2.24) is 0 Å². The molecule has 0 atom stereocenters. The molecule has 0 saturated carbocycles. The van der Waals surface area contributed by atoms with Crippen molar-refractivity contribution in [3.8, 4) is 0 Å². The Morgan fingerprint density at radius 3 is 2.00 bits per heavy atom.